The molecule has 0 unspecified atom stereocenters. The standard InChI is InChI=1S/C20H26N6S/c1-13-7-9-16(10-8-13)12-25-15(3)17(14(2)24-25)11-21-26-18(20(4,5)6)22-23-19(26)27/h7-11H,12H2,1-6H3,(H,23,27)/b21-11-. The zero-order valence-electron chi connectivity index (χ0n) is 16.7. The lowest BCUT2D eigenvalue weighted by Gasteiger charge is -2.15. The molecule has 27 heavy (non-hydrogen) atoms. The zero-order chi connectivity index (χ0) is 19.8. The van der Waals surface area contributed by atoms with Crippen LogP contribution in [0.3, 0.4) is 0 Å². The molecule has 142 valence electrons. The molecular weight excluding hydrogens is 356 g/mol. The Morgan fingerprint density at radius 2 is 1.81 bits per heavy atom. The van der Waals surface area contributed by atoms with Gasteiger partial charge in [-0.1, -0.05) is 50.6 Å². The number of H-pyrrole nitrogens is 1. The maximum Gasteiger partial charge on any atom is 0.216 e. The number of aromatic amines is 1. The van der Waals surface area contributed by atoms with Gasteiger partial charge in [-0.3, -0.25) is 9.78 Å². The van der Waals surface area contributed by atoms with E-state index in [2.05, 4.69) is 79.3 Å². The molecule has 0 radical (unpaired) electrons. The predicted molar refractivity (Wildman–Crippen MR) is 111 cm³/mol. The molecule has 0 saturated heterocycles. The Labute approximate surface area is 164 Å². The summed E-state index contributed by atoms with van der Waals surface area (Å²) >= 11 is 5.34. The molecule has 0 bridgehead atoms. The van der Waals surface area contributed by atoms with Crippen molar-refractivity contribution in [1.82, 2.24) is 24.7 Å². The van der Waals surface area contributed by atoms with Crippen molar-refractivity contribution in [2.24, 2.45) is 5.10 Å². The molecular formula is C20H26N6S. The van der Waals surface area contributed by atoms with E-state index in [1.54, 1.807) is 4.68 Å². The van der Waals surface area contributed by atoms with E-state index in [-0.39, 0.29) is 5.41 Å². The maximum absolute atomic E-state index is 5.34. The van der Waals surface area contributed by atoms with Gasteiger partial charge in [0.05, 0.1) is 18.5 Å². The van der Waals surface area contributed by atoms with Crippen LogP contribution in [-0.2, 0) is 12.0 Å². The average molecular weight is 383 g/mol. The first-order chi connectivity index (χ1) is 12.7. The Balaban J connectivity index is 1.92. The number of aryl methyl sites for hydroxylation is 2. The van der Waals surface area contributed by atoms with Crippen molar-refractivity contribution >= 4 is 18.4 Å². The van der Waals surface area contributed by atoms with Crippen LogP contribution in [0.15, 0.2) is 29.4 Å². The predicted octanol–water partition coefficient (Wildman–Crippen LogP) is 4.29. The van der Waals surface area contributed by atoms with Gasteiger partial charge in [0, 0.05) is 16.7 Å². The van der Waals surface area contributed by atoms with Crippen LogP contribution in [0.2, 0.25) is 0 Å². The summed E-state index contributed by atoms with van der Waals surface area (Å²) < 4.78 is 4.19. The number of hydrogen-bond donors (Lipinski definition) is 1. The lowest BCUT2D eigenvalue weighted by molar-refractivity contribution is 0.516. The van der Waals surface area contributed by atoms with E-state index in [0.29, 0.717) is 4.77 Å². The Morgan fingerprint density at radius 1 is 1.15 bits per heavy atom. The Morgan fingerprint density at radius 3 is 2.44 bits per heavy atom. The lowest BCUT2D eigenvalue weighted by atomic mass is 9.96. The van der Waals surface area contributed by atoms with Crippen LogP contribution in [0.1, 0.15) is 54.7 Å². The van der Waals surface area contributed by atoms with Crippen molar-refractivity contribution < 1.29 is 0 Å². The van der Waals surface area contributed by atoms with Crippen molar-refractivity contribution in [3.05, 3.63) is 62.9 Å². The summed E-state index contributed by atoms with van der Waals surface area (Å²) in [7, 11) is 0. The van der Waals surface area contributed by atoms with Crippen LogP contribution in [0.25, 0.3) is 0 Å². The zero-order valence-corrected chi connectivity index (χ0v) is 17.6. The molecule has 1 N–H and O–H groups in total. The van der Waals surface area contributed by atoms with Gasteiger partial charge < -0.3 is 0 Å². The molecule has 2 heterocycles. The van der Waals surface area contributed by atoms with E-state index in [1.165, 1.54) is 11.1 Å². The van der Waals surface area contributed by atoms with E-state index in [0.717, 1.165) is 29.3 Å². The van der Waals surface area contributed by atoms with Crippen molar-refractivity contribution in [1.29, 1.82) is 0 Å². The van der Waals surface area contributed by atoms with E-state index in [1.807, 2.05) is 17.8 Å². The highest BCUT2D eigenvalue weighted by atomic mass is 32.1. The normalized spacial score (nSPS) is 12.2. The summed E-state index contributed by atoms with van der Waals surface area (Å²) in [4.78, 5) is 0. The molecule has 0 saturated carbocycles. The number of hydrogen-bond acceptors (Lipinski definition) is 4. The first-order valence-electron chi connectivity index (χ1n) is 8.98. The second-order valence-electron chi connectivity index (χ2n) is 7.89. The number of nitrogens with one attached hydrogen (secondary N) is 1. The third kappa shape index (κ3) is 4.08. The van der Waals surface area contributed by atoms with Gasteiger partial charge in [-0.25, -0.2) is 0 Å². The minimum Gasteiger partial charge on any atom is -0.265 e. The minimum absolute atomic E-state index is 0.162. The highest BCUT2D eigenvalue weighted by molar-refractivity contribution is 7.71. The quantitative estimate of drug-likeness (QED) is 0.541. The number of rotatable bonds is 4. The Kier molecular flexibility index (Phi) is 5.15. The van der Waals surface area contributed by atoms with Crippen molar-refractivity contribution in [3.63, 3.8) is 0 Å². The second kappa shape index (κ2) is 7.23. The Hall–Kier alpha value is -2.54. The third-order valence-corrected chi connectivity index (χ3v) is 4.78. The number of aromatic nitrogens is 5. The smallest absolute Gasteiger partial charge is 0.216 e. The fraction of sp³-hybridized carbons (Fsp3) is 0.400. The van der Waals surface area contributed by atoms with Crippen molar-refractivity contribution in [2.75, 3.05) is 0 Å². The fourth-order valence-electron chi connectivity index (χ4n) is 2.92. The number of nitrogens with zero attached hydrogens (tertiary/aromatic N) is 5. The van der Waals surface area contributed by atoms with Crippen molar-refractivity contribution in [3.8, 4) is 0 Å². The van der Waals surface area contributed by atoms with Crippen molar-refractivity contribution in [2.45, 2.75) is 53.5 Å². The van der Waals surface area contributed by atoms with E-state index >= 15 is 0 Å². The summed E-state index contributed by atoms with van der Waals surface area (Å²) in [5.41, 5.74) is 5.34. The van der Waals surface area contributed by atoms with Crippen LogP contribution in [0, 0.1) is 25.5 Å². The van der Waals surface area contributed by atoms with Crippen LogP contribution in [-0.4, -0.2) is 30.9 Å². The second-order valence-corrected chi connectivity index (χ2v) is 8.27. The molecule has 3 rings (SSSR count). The van der Waals surface area contributed by atoms with Gasteiger partial charge in [0.15, 0.2) is 5.82 Å². The summed E-state index contributed by atoms with van der Waals surface area (Å²) in [5.74, 6) is 0.797. The molecule has 0 amide bonds. The summed E-state index contributed by atoms with van der Waals surface area (Å²) in [6, 6.07) is 8.52. The summed E-state index contributed by atoms with van der Waals surface area (Å²) in [6.45, 7) is 13.1. The van der Waals surface area contributed by atoms with Gasteiger partial charge in [0.25, 0.3) is 0 Å². The van der Waals surface area contributed by atoms with E-state index in [9.17, 15) is 0 Å². The Bertz CT molecular complexity index is 1030. The first kappa shape index (κ1) is 19.2. The molecule has 2 aromatic heterocycles. The molecule has 0 aliphatic rings. The van der Waals surface area contributed by atoms with Gasteiger partial charge in [-0.2, -0.15) is 20.0 Å². The summed E-state index contributed by atoms with van der Waals surface area (Å²) in [6.07, 6.45) is 1.82. The van der Waals surface area contributed by atoms with Crippen LogP contribution in [0.4, 0.5) is 0 Å². The molecule has 7 heteroatoms. The molecule has 0 aliphatic heterocycles. The maximum atomic E-state index is 5.34. The molecule has 0 atom stereocenters. The van der Waals surface area contributed by atoms with E-state index in [4.69, 9.17) is 12.2 Å². The molecule has 6 nitrogen and oxygen atoms in total. The SMILES string of the molecule is Cc1ccc(Cn2nc(C)c(/C=N\n3c(C(C)(C)C)n[nH]c3=S)c2C)cc1. The summed E-state index contributed by atoms with van der Waals surface area (Å²) in [5, 5.41) is 16.4. The highest BCUT2D eigenvalue weighted by Gasteiger charge is 2.21. The molecule has 0 aliphatic carbocycles. The van der Waals surface area contributed by atoms with Gasteiger partial charge in [-0.05, 0) is 38.6 Å². The van der Waals surface area contributed by atoms with Gasteiger partial charge >= 0.3 is 0 Å². The largest absolute Gasteiger partial charge is 0.265 e. The van der Waals surface area contributed by atoms with Crippen LogP contribution < -0.4 is 0 Å². The third-order valence-electron chi connectivity index (χ3n) is 4.51. The lowest BCUT2D eigenvalue weighted by Crippen LogP contribution is -2.17. The van der Waals surface area contributed by atoms with E-state index < -0.39 is 0 Å². The molecule has 0 fully saturated rings. The first-order valence-corrected chi connectivity index (χ1v) is 9.39. The number of benzene rings is 1. The van der Waals surface area contributed by atoms with Gasteiger partial charge in [0.2, 0.25) is 4.77 Å². The van der Waals surface area contributed by atoms with Gasteiger partial charge in [0.1, 0.15) is 0 Å². The molecule has 3 aromatic rings. The van der Waals surface area contributed by atoms with Gasteiger partial charge in [-0.15, -0.1) is 0 Å². The molecule has 1 aromatic carbocycles. The minimum atomic E-state index is -0.162. The van der Waals surface area contributed by atoms with Crippen LogP contribution >= 0.6 is 12.2 Å². The fourth-order valence-corrected chi connectivity index (χ4v) is 3.10. The monoisotopic (exact) mass is 382 g/mol. The highest BCUT2D eigenvalue weighted by Crippen LogP contribution is 2.20. The average Bonchev–Trinajstić information content (AvgIpc) is 3.08. The molecule has 0 spiro atoms. The topological polar surface area (TPSA) is 63.8 Å². The van der Waals surface area contributed by atoms with Crippen LogP contribution in [0.5, 0.6) is 0 Å².